The van der Waals surface area contributed by atoms with Crippen LogP contribution in [-0.4, -0.2) is 26.2 Å². The first-order valence-corrected chi connectivity index (χ1v) is 7.64. The summed E-state index contributed by atoms with van der Waals surface area (Å²) in [7, 11) is 1.77. The van der Waals surface area contributed by atoms with Crippen LogP contribution in [0.4, 0.5) is 16.2 Å². The standard InChI is InChI=1S/C18H21N3O/c1-21(17-5-3-2-4-6-17)18(22)20-16-9-7-14(8-10-16)15-11-12-19-13-15/h2-10,15,19H,11-13H2,1H3,(H,20,22)/t15-/m0/s1. The van der Waals surface area contributed by atoms with Crippen LogP contribution in [0.15, 0.2) is 54.6 Å². The maximum atomic E-state index is 12.3. The predicted molar refractivity (Wildman–Crippen MR) is 90.5 cm³/mol. The molecule has 0 radical (unpaired) electrons. The normalized spacial score (nSPS) is 17.2. The molecule has 22 heavy (non-hydrogen) atoms. The zero-order chi connectivity index (χ0) is 15.4. The van der Waals surface area contributed by atoms with Crippen LogP contribution < -0.4 is 15.5 Å². The molecule has 0 spiro atoms. The van der Waals surface area contributed by atoms with Gasteiger partial charge in [-0.1, -0.05) is 30.3 Å². The van der Waals surface area contributed by atoms with E-state index in [9.17, 15) is 4.79 Å². The number of carbonyl (C=O) groups is 1. The summed E-state index contributed by atoms with van der Waals surface area (Å²) in [5.74, 6) is 0.594. The topological polar surface area (TPSA) is 44.4 Å². The van der Waals surface area contributed by atoms with Crippen LogP contribution in [0, 0.1) is 0 Å². The molecule has 1 aliphatic heterocycles. The zero-order valence-electron chi connectivity index (χ0n) is 12.8. The van der Waals surface area contributed by atoms with E-state index in [1.807, 2.05) is 42.5 Å². The van der Waals surface area contributed by atoms with Crippen molar-refractivity contribution < 1.29 is 4.79 Å². The van der Waals surface area contributed by atoms with Gasteiger partial charge in [0.15, 0.2) is 0 Å². The van der Waals surface area contributed by atoms with Crippen LogP contribution in [0.3, 0.4) is 0 Å². The Balaban J connectivity index is 1.64. The van der Waals surface area contributed by atoms with E-state index in [1.165, 1.54) is 12.0 Å². The Bertz CT molecular complexity index is 619. The summed E-state index contributed by atoms with van der Waals surface area (Å²) in [4.78, 5) is 13.9. The lowest BCUT2D eigenvalue weighted by molar-refractivity contribution is 0.258. The van der Waals surface area contributed by atoms with Crippen LogP contribution >= 0.6 is 0 Å². The summed E-state index contributed by atoms with van der Waals surface area (Å²) >= 11 is 0. The first-order valence-electron chi connectivity index (χ1n) is 7.64. The van der Waals surface area contributed by atoms with Gasteiger partial charge in [0.2, 0.25) is 0 Å². The van der Waals surface area contributed by atoms with Gasteiger partial charge >= 0.3 is 6.03 Å². The molecule has 0 aromatic heterocycles. The van der Waals surface area contributed by atoms with Gasteiger partial charge < -0.3 is 10.6 Å². The fourth-order valence-electron chi connectivity index (χ4n) is 2.75. The fraction of sp³-hybridized carbons (Fsp3) is 0.278. The summed E-state index contributed by atoms with van der Waals surface area (Å²) in [6.45, 7) is 2.13. The van der Waals surface area contributed by atoms with E-state index < -0.39 is 0 Å². The van der Waals surface area contributed by atoms with Gasteiger partial charge in [-0.05, 0) is 48.7 Å². The van der Waals surface area contributed by atoms with Gasteiger partial charge in [-0.2, -0.15) is 0 Å². The number of nitrogens with one attached hydrogen (secondary N) is 2. The summed E-state index contributed by atoms with van der Waals surface area (Å²) in [5, 5.41) is 6.30. The van der Waals surface area contributed by atoms with Crippen molar-refractivity contribution in [2.24, 2.45) is 0 Å². The Labute approximate surface area is 131 Å². The average molecular weight is 295 g/mol. The first kappa shape index (κ1) is 14.6. The molecule has 4 nitrogen and oxygen atoms in total. The minimum Gasteiger partial charge on any atom is -0.316 e. The lowest BCUT2D eigenvalue weighted by Gasteiger charge is -2.18. The second-order valence-corrected chi connectivity index (χ2v) is 5.64. The summed E-state index contributed by atoms with van der Waals surface area (Å²) in [6.07, 6.45) is 1.18. The molecule has 0 saturated carbocycles. The molecule has 114 valence electrons. The van der Waals surface area contributed by atoms with Gasteiger partial charge in [0.1, 0.15) is 0 Å². The highest BCUT2D eigenvalue weighted by molar-refractivity contribution is 6.01. The van der Waals surface area contributed by atoms with Gasteiger partial charge in [0.25, 0.3) is 0 Å². The third-order valence-electron chi connectivity index (χ3n) is 4.14. The van der Waals surface area contributed by atoms with Gasteiger partial charge in [-0.25, -0.2) is 4.79 Å². The number of hydrogen-bond donors (Lipinski definition) is 2. The minimum absolute atomic E-state index is 0.138. The Kier molecular flexibility index (Phi) is 4.39. The molecule has 4 heteroatoms. The van der Waals surface area contributed by atoms with Crippen LogP contribution in [0.1, 0.15) is 17.9 Å². The van der Waals surface area contributed by atoms with Crippen molar-refractivity contribution in [3.05, 3.63) is 60.2 Å². The van der Waals surface area contributed by atoms with Gasteiger partial charge in [-0.15, -0.1) is 0 Å². The third-order valence-corrected chi connectivity index (χ3v) is 4.14. The molecule has 1 heterocycles. The van der Waals surface area contributed by atoms with Crippen molar-refractivity contribution in [1.29, 1.82) is 0 Å². The van der Waals surface area contributed by atoms with Crippen molar-refractivity contribution in [2.75, 3.05) is 30.4 Å². The average Bonchev–Trinajstić information content (AvgIpc) is 3.10. The van der Waals surface area contributed by atoms with Crippen LogP contribution in [-0.2, 0) is 0 Å². The highest BCUT2D eigenvalue weighted by Gasteiger charge is 2.16. The molecule has 0 bridgehead atoms. The van der Waals surface area contributed by atoms with Crippen molar-refractivity contribution >= 4 is 17.4 Å². The Hall–Kier alpha value is -2.33. The first-order chi connectivity index (χ1) is 10.7. The molecule has 1 fully saturated rings. The van der Waals surface area contributed by atoms with Crippen LogP contribution in [0.25, 0.3) is 0 Å². The van der Waals surface area contributed by atoms with E-state index >= 15 is 0 Å². The van der Waals surface area contributed by atoms with Crippen molar-refractivity contribution in [3.8, 4) is 0 Å². The van der Waals surface area contributed by atoms with E-state index in [0.29, 0.717) is 5.92 Å². The second-order valence-electron chi connectivity index (χ2n) is 5.64. The van der Waals surface area contributed by atoms with Crippen LogP contribution in [0.5, 0.6) is 0 Å². The van der Waals surface area contributed by atoms with Gasteiger partial charge in [-0.3, -0.25) is 4.90 Å². The highest BCUT2D eigenvalue weighted by Crippen LogP contribution is 2.23. The van der Waals surface area contributed by atoms with Crippen molar-refractivity contribution in [2.45, 2.75) is 12.3 Å². The molecule has 2 aromatic carbocycles. The number of rotatable bonds is 3. The Morgan fingerprint density at radius 2 is 1.86 bits per heavy atom. The van der Waals surface area contributed by atoms with E-state index in [4.69, 9.17) is 0 Å². The summed E-state index contributed by atoms with van der Waals surface area (Å²) < 4.78 is 0. The molecule has 1 aliphatic rings. The van der Waals surface area contributed by atoms with E-state index in [2.05, 4.69) is 22.8 Å². The molecule has 2 N–H and O–H groups in total. The molecule has 0 aliphatic carbocycles. The monoisotopic (exact) mass is 295 g/mol. The number of nitrogens with zero attached hydrogens (tertiary/aromatic N) is 1. The van der Waals surface area contributed by atoms with Crippen molar-refractivity contribution in [1.82, 2.24) is 5.32 Å². The Morgan fingerprint density at radius 3 is 2.50 bits per heavy atom. The summed E-state index contributed by atoms with van der Waals surface area (Å²) in [5.41, 5.74) is 3.02. The lowest BCUT2D eigenvalue weighted by atomic mass is 9.98. The Morgan fingerprint density at radius 1 is 1.14 bits per heavy atom. The van der Waals surface area contributed by atoms with Gasteiger partial charge in [0, 0.05) is 25.0 Å². The molecule has 1 atom stereocenters. The molecular weight excluding hydrogens is 274 g/mol. The smallest absolute Gasteiger partial charge is 0.316 e. The largest absolute Gasteiger partial charge is 0.326 e. The fourth-order valence-corrected chi connectivity index (χ4v) is 2.75. The quantitative estimate of drug-likeness (QED) is 0.911. The third kappa shape index (κ3) is 3.28. The molecule has 2 aromatic rings. The summed E-state index contributed by atoms with van der Waals surface area (Å²) in [6, 6.07) is 17.6. The lowest BCUT2D eigenvalue weighted by Crippen LogP contribution is -2.31. The van der Waals surface area contributed by atoms with E-state index in [0.717, 1.165) is 24.5 Å². The number of hydrogen-bond acceptors (Lipinski definition) is 2. The highest BCUT2D eigenvalue weighted by atomic mass is 16.2. The SMILES string of the molecule is CN(C(=O)Nc1ccc([C@H]2CCNC2)cc1)c1ccccc1. The second kappa shape index (κ2) is 6.62. The van der Waals surface area contributed by atoms with Crippen LogP contribution in [0.2, 0.25) is 0 Å². The van der Waals surface area contributed by atoms with Crippen molar-refractivity contribution in [3.63, 3.8) is 0 Å². The number of benzene rings is 2. The molecule has 2 amide bonds. The molecular formula is C18H21N3O. The van der Waals surface area contributed by atoms with Gasteiger partial charge in [0.05, 0.1) is 0 Å². The maximum Gasteiger partial charge on any atom is 0.326 e. The molecule has 0 unspecified atom stereocenters. The van der Waals surface area contributed by atoms with E-state index in [-0.39, 0.29) is 6.03 Å². The zero-order valence-corrected chi connectivity index (χ0v) is 12.8. The molecule has 1 saturated heterocycles. The minimum atomic E-state index is -0.138. The molecule has 3 rings (SSSR count). The predicted octanol–water partition coefficient (Wildman–Crippen LogP) is 3.43. The number of para-hydroxylation sites is 1. The number of amides is 2. The maximum absolute atomic E-state index is 12.3. The number of urea groups is 1. The number of carbonyl (C=O) groups excluding carboxylic acids is 1. The number of anilines is 2. The van der Waals surface area contributed by atoms with E-state index in [1.54, 1.807) is 11.9 Å².